The molecule has 0 heterocycles. The summed E-state index contributed by atoms with van der Waals surface area (Å²) in [5.41, 5.74) is -0.183. The number of carbonyl (C=O) groups excluding carboxylic acids is 1. The van der Waals surface area contributed by atoms with Crippen LogP contribution in [-0.4, -0.2) is 41.3 Å². The van der Waals surface area contributed by atoms with Crippen molar-refractivity contribution in [1.29, 1.82) is 0 Å². The summed E-state index contributed by atoms with van der Waals surface area (Å²) in [6, 6.07) is 2.13. The van der Waals surface area contributed by atoms with Gasteiger partial charge in [-0.05, 0) is 45.4 Å². The van der Waals surface area contributed by atoms with Crippen molar-refractivity contribution in [2.75, 3.05) is 19.6 Å². The van der Waals surface area contributed by atoms with Gasteiger partial charge in [0.15, 0.2) is 17.4 Å². The van der Waals surface area contributed by atoms with Crippen molar-refractivity contribution in [3.63, 3.8) is 0 Å². The van der Waals surface area contributed by atoms with E-state index in [4.69, 9.17) is 9.84 Å². The van der Waals surface area contributed by atoms with Gasteiger partial charge in [0.05, 0.1) is 0 Å². The van der Waals surface area contributed by atoms with Crippen LogP contribution in [0.1, 0.15) is 33.3 Å². The molecule has 7 heteroatoms. The lowest BCUT2D eigenvalue weighted by Gasteiger charge is -2.26. The lowest BCUT2D eigenvalue weighted by Crippen LogP contribution is -2.40. The van der Waals surface area contributed by atoms with Crippen LogP contribution in [0.3, 0.4) is 0 Å². The van der Waals surface area contributed by atoms with Gasteiger partial charge in [-0.2, -0.15) is 0 Å². The number of carbonyl (C=O) groups is 1. The molecule has 0 spiro atoms. The Morgan fingerprint density at radius 2 is 1.87 bits per heavy atom. The fourth-order valence-corrected chi connectivity index (χ4v) is 1.87. The van der Waals surface area contributed by atoms with Gasteiger partial charge < -0.3 is 20.1 Å². The molecule has 0 fully saturated rings. The predicted octanol–water partition coefficient (Wildman–Crippen LogP) is 3.02. The highest BCUT2D eigenvalue weighted by atomic mass is 19.1. The maximum atomic E-state index is 13.2. The van der Waals surface area contributed by atoms with E-state index in [-0.39, 0.29) is 6.54 Å². The standard InChI is InChI=1S/C16H24F2N2O3/c1-5-20(15(22)23-16(2,3)4)7-6-19-10-11-8-12(17)14(21)13(18)9-11/h8-9,19,21H,5-7,10H2,1-4H3. The maximum Gasteiger partial charge on any atom is 0.410 e. The summed E-state index contributed by atoms with van der Waals surface area (Å²) in [4.78, 5) is 13.5. The molecule has 1 aromatic rings. The third-order valence-electron chi connectivity index (χ3n) is 3.00. The number of ether oxygens (including phenoxy) is 1. The van der Waals surface area contributed by atoms with Crippen LogP contribution in [-0.2, 0) is 11.3 Å². The molecule has 0 aromatic heterocycles. The Labute approximate surface area is 135 Å². The molecule has 2 N–H and O–H groups in total. The third kappa shape index (κ3) is 6.40. The van der Waals surface area contributed by atoms with Gasteiger partial charge in [0.25, 0.3) is 0 Å². The second-order valence-corrected chi connectivity index (χ2v) is 6.14. The zero-order chi connectivity index (χ0) is 17.6. The first-order chi connectivity index (χ1) is 10.6. The van der Waals surface area contributed by atoms with Gasteiger partial charge in [0, 0.05) is 26.2 Å². The summed E-state index contributed by atoms with van der Waals surface area (Å²) < 4.78 is 31.7. The Kier molecular flexibility index (Phi) is 6.75. The molecule has 0 saturated heterocycles. The fourth-order valence-electron chi connectivity index (χ4n) is 1.87. The van der Waals surface area contributed by atoms with E-state index in [9.17, 15) is 13.6 Å². The Morgan fingerprint density at radius 3 is 2.35 bits per heavy atom. The van der Waals surface area contributed by atoms with Crippen LogP contribution in [0.4, 0.5) is 13.6 Å². The van der Waals surface area contributed by atoms with Crippen molar-refractivity contribution in [1.82, 2.24) is 10.2 Å². The topological polar surface area (TPSA) is 61.8 Å². The van der Waals surface area contributed by atoms with E-state index < -0.39 is 29.1 Å². The summed E-state index contributed by atoms with van der Waals surface area (Å²) in [7, 11) is 0. The molecule has 5 nitrogen and oxygen atoms in total. The molecule has 0 bridgehead atoms. The SMILES string of the molecule is CCN(CCNCc1cc(F)c(O)c(F)c1)C(=O)OC(C)(C)C. The lowest BCUT2D eigenvalue weighted by molar-refractivity contribution is 0.0262. The van der Waals surface area contributed by atoms with E-state index in [0.717, 1.165) is 12.1 Å². The summed E-state index contributed by atoms with van der Waals surface area (Å²) in [5.74, 6) is -2.97. The van der Waals surface area contributed by atoms with E-state index in [0.29, 0.717) is 25.2 Å². The largest absolute Gasteiger partial charge is 0.503 e. The molecule has 0 radical (unpaired) electrons. The summed E-state index contributed by atoms with van der Waals surface area (Å²) in [6.07, 6.45) is -0.400. The van der Waals surface area contributed by atoms with Crippen LogP contribution in [0.15, 0.2) is 12.1 Å². The molecule has 0 saturated carbocycles. The number of hydrogen-bond donors (Lipinski definition) is 2. The van der Waals surface area contributed by atoms with Crippen molar-refractivity contribution < 1.29 is 23.4 Å². The number of rotatable bonds is 6. The first kappa shape index (κ1) is 19.2. The predicted molar refractivity (Wildman–Crippen MR) is 83.2 cm³/mol. The molecule has 0 aliphatic carbocycles. The summed E-state index contributed by atoms with van der Waals surface area (Å²) >= 11 is 0. The third-order valence-corrected chi connectivity index (χ3v) is 3.00. The van der Waals surface area contributed by atoms with Crippen molar-refractivity contribution >= 4 is 6.09 Å². The average Bonchev–Trinajstić information content (AvgIpc) is 2.42. The first-order valence-corrected chi connectivity index (χ1v) is 7.49. The summed E-state index contributed by atoms with van der Waals surface area (Å²) in [6.45, 7) is 8.81. The average molecular weight is 330 g/mol. The highest BCUT2D eigenvalue weighted by Crippen LogP contribution is 2.21. The number of phenolic OH excluding ortho intramolecular Hbond substituents is 1. The normalized spacial score (nSPS) is 11.4. The number of amides is 1. The molecule has 1 amide bonds. The Balaban J connectivity index is 2.45. The Morgan fingerprint density at radius 1 is 1.30 bits per heavy atom. The molecule has 1 aromatic carbocycles. The van der Waals surface area contributed by atoms with E-state index in [1.165, 1.54) is 4.90 Å². The summed E-state index contributed by atoms with van der Waals surface area (Å²) in [5, 5.41) is 12.0. The highest BCUT2D eigenvalue weighted by molar-refractivity contribution is 5.68. The number of benzene rings is 1. The number of likely N-dealkylation sites (N-methyl/N-ethyl adjacent to an activating group) is 1. The van der Waals surface area contributed by atoms with Crippen LogP contribution in [0.5, 0.6) is 5.75 Å². The quantitative estimate of drug-likeness (QED) is 0.787. The highest BCUT2D eigenvalue weighted by Gasteiger charge is 2.20. The smallest absolute Gasteiger partial charge is 0.410 e. The number of hydrogen-bond acceptors (Lipinski definition) is 4. The molecule has 130 valence electrons. The van der Waals surface area contributed by atoms with Gasteiger partial charge in [-0.3, -0.25) is 0 Å². The van der Waals surface area contributed by atoms with Crippen LogP contribution in [0.2, 0.25) is 0 Å². The fraction of sp³-hybridized carbons (Fsp3) is 0.562. The van der Waals surface area contributed by atoms with Gasteiger partial charge in [0.1, 0.15) is 5.60 Å². The number of nitrogens with one attached hydrogen (secondary N) is 1. The second kappa shape index (κ2) is 8.10. The van der Waals surface area contributed by atoms with Crippen molar-refractivity contribution in [2.24, 2.45) is 0 Å². The zero-order valence-electron chi connectivity index (χ0n) is 13.9. The first-order valence-electron chi connectivity index (χ1n) is 7.49. The number of aromatic hydroxyl groups is 1. The monoisotopic (exact) mass is 330 g/mol. The van der Waals surface area contributed by atoms with E-state index in [1.54, 1.807) is 20.8 Å². The number of phenols is 1. The molecule has 23 heavy (non-hydrogen) atoms. The maximum absolute atomic E-state index is 13.2. The number of nitrogens with zero attached hydrogens (tertiary/aromatic N) is 1. The molecular formula is C16H24F2N2O3. The van der Waals surface area contributed by atoms with Gasteiger partial charge in [-0.15, -0.1) is 0 Å². The van der Waals surface area contributed by atoms with Gasteiger partial charge >= 0.3 is 6.09 Å². The number of halogens is 2. The van der Waals surface area contributed by atoms with Gasteiger partial charge in [-0.1, -0.05) is 0 Å². The minimum absolute atomic E-state index is 0.222. The van der Waals surface area contributed by atoms with Crippen LogP contribution in [0.25, 0.3) is 0 Å². The molecule has 0 aliphatic rings. The Bertz CT molecular complexity index is 522. The lowest BCUT2D eigenvalue weighted by atomic mass is 10.2. The van der Waals surface area contributed by atoms with Crippen LogP contribution in [0, 0.1) is 11.6 Å². The van der Waals surface area contributed by atoms with Crippen molar-refractivity contribution in [3.05, 3.63) is 29.3 Å². The Hall–Kier alpha value is -1.89. The van der Waals surface area contributed by atoms with E-state index in [1.807, 2.05) is 6.92 Å². The molecule has 0 aliphatic heterocycles. The zero-order valence-corrected chi connectivity index (χ0v) is 13.9. The molecule has 1 rings (SSSR count). The minimum Gasteiger partial charge on any atom is -0.503 e. The minimum atomic E-state index is -0.995. The van der Waals surface area contributed by atoms with Gasteiger partial charge in [0.2, 0.25) is 0 Å². The molecule has 0 atom stereocenters. The van der Waals surface area contributed by atoms with E-state index >= 15 is 0 Å². The van der Waals surface area contributed by atoms with E-state index in [2.05, 4.69) is 5.32 Å². The van der Waals surface area contributed by atoms with Crippen LogP contribution >= 0.6 is 0 Å². The van der Waals surface area contributed by atoms with Crippen LogP contribution < -0.4 is 5.32 Å². The van der Waals surface area contributed by atoms with Crippen molar-refractivity contribution in [2.45, 2.75) is 39.8 Å². The van der Waals surface area contributed by atoms with Crippen molar-refractivity contribution in [3.8, 4) is 5.75 Å². The van der Waals surface area contributed by atoms with Gasteiger partial charge in [-0.25, -0.2) is 13.6 Å². The second-order valence-electron chi connectivity index (χ2n) is 6.14. The molecular weight excluding hydrogens is 306 g/mol. The molecule has 0 unspecified atom stereocenters.